The maximum atomic E-state index is 11.9. The van der Waals surface area contributed by atoms with Crippen molar-refractivity contribution in [2.24, 2.45) is 0 Å². The molecule has 1 amide bonds. The number of ether oxygens (including phenoxy) is 1. The van der Waals surface area contributed by atoms with E-state index in [1.165, 1.54) is 5.56 Å². The van der Waals surface area contributed by atoms with Crippen LogP contribution in [0.2, 0.25) is 0 Å². The smallest absolute Gasteiger partial charge is 0.246 e. The van der Waals surface area contributed by atoms with Crippen LogP contribution in [0.1, 0.15) is 24.1 Å². The zero-order valence-corrected chi connectivity index (χ0v) is 12.1. The molecule has 0 bridgehead atoms. The second kappa shape index (κ2) is 5.58. The standard InChI is InChI=1S/C17H18N2O2/c1-3-18-16-14-9-8-13(10-15(14)19-17(16)20)21-12-6-4-11(2)5-7-12/h4-10,16,18H,3H2,1-2H3,(H,19,20). The van der Waals surface area contributed by atoms with Gasteiger partial charge in [0.05, 0.1) is 0 Å². The molecule has 1 atom stereocenters. The van der Waals surface area contributed by atoms with Gasteiger partial charge < -0.3 is 15.4 Å². The molecule has 4 heteroatoms. The monoisotopic (exact) mass is 282 g/mol. The van der Waals surface area contributed by atoms with Crippen molar-refractivity contribution in [1.29, 1.82) is 0 Å². The van der Waals surface area contributed by atoms with E-state index < -0.39 is 0 Å². The van der Waals surface area contributed by atoms with E-state index in [-0.39, 0.29) is 11.9 Å². The quantitative estimate of drug-likeness (QED) is 0.903. The maximum absolute atomic E-state index is 11.9. The van der Waals surface area contributed by atoms with Crippen molar-refractivity contribution in [1.82, 2.24) is 5.32 Å². The molecule has 0 fully saturated rings. The van der Waals surface area contributed by atoms with Gasteiger partial charge in [-0.25, -0.2) is 0 Å². The van der Waals surface area contributed by atoms with E-state index in [0.717, 1.165) is 29.3 Å². The van der Waals surface area contributed by atoms with E-state index in [1.807, 2.05) is 56.3 Å². The summed E-state index contributed by atoms with van der Waals surface area (Å²) in [5.41, 5.74) is 2.98. The van der Waals surface area contributed by atoms with Crippen LogP contribution in [0.3, 0.4) is 0 Å². The van der Waals surface area contributed by atoms with Gasteiger partial charge in [0.15, 0.2) is 0 Å². The number of hydrogen-bond donors (Lipinski definition) is 2. The molecule has 1 aliphatic rings. The summed E-state index contributed by atoms with van der Waals surface area (Å²) in [6.45, 7) is 4.77. The van der Waals surface area contributed by atoms with Crippen LogP contribution >= 0.6 is 0 Å². The fourth-order valence-electron chi connectivity index (χ4n) is 2.45. The molecule has 0 aliphatic carbocycles. The van der Waals surface area contributed by atoms with Crippen LogP contribution in [-0.4, -0.2) is 12.5 Å². The molecule has 2 aromatic carbocycles. The molecule has 3 rings (SSSR count). The Hall–Kier alpha value is -2.33. The lowest BCUT2D eigenvalue weighted by molar-refractivity contribution is -0.117. The first-order chi connectivity index (χ1) is 10.2. The molecular formula is C17H18N2O2. The van der Waals surface area contributed by atoms with Crippen LogP contribution in [0.5, 0.6) is 11.5 Å². The predicted octanol–water partition coefficient (Wildman–Crippen LogP) is 3.39. The van der Waals surface area contributed by atoms with Crippen molar-refractivity contribution >= 4 is 11.6 Å². The summed E-state index contributed by atoms with van der Waals surface area (Å²) in [7, 11) is 0. The minimum absolute atomic E-state index is 0.0145. The third kappa shape index (κ3) is 2.76. The van der Waals surface area contributed by atoms with Crippen molar-refractivity contribution in [3.05, 3.63) is 53.6 Å². The summed E-state index contributed by atoms with van der Waals surface area (Å²) in [5, 5.41) is 6.06. The topological polar surface area (TPSA) is 50.4 Å². The van der Waals surface area contributed by atoms with Crippen LogP contribution in [0.4, 0.5) is 5.69 Å². The second-order valence-corrected chi connectivity index (χ2v) is 5.14. The maximum Gasteiger partial charge on any atom is 0.246 e. The van der Waals surface area contributed by atoms with E-state index in [0.29, 0.717) is 0 Å². The van der Waals surface area contributed by atoms with Gasteiger partial charge in [-0.3, -0.25) is 4.79 Å². The van der Waals surface area contributed by atoms with Gasteiger partial charge in [0, 0.05) is 17.3 Å². The molecule has 1 unspecified atom stereocenters. The highest BCUT2D eigenvalue weighted by molar-refractivity contribution is 6.02. The Morgan fingerprint density at radius 2 is 1.86 bits per heavy atom. The summed E-state index contributed by atoms with van der Waals surface area (Å²) in [6, 6.07) is 13.3. The van der Waals surface area contributed by atoms with Gasteiger partial charge >= 0.3 is 0 Å². The van der Waals surface area contributed by atoms with Crippen LogP contribution in [0.25, 0.3) is 0 Å². The van der Waals surface area contributed by atoms with Gasteiger partial charge in [-0.2, -0.15) is 0 Å². The van der Waals surface area contributed by atoms with E-state index in [9.17, 15) is 4.79 Å². The first kappa shape index (κ1) is 13.6. The van der Waals surface area contributed by atoms with Gasteiger partial charge in [0.25, 0.3) is 0 Å². The SMILES string of the molecule is CCNC1C(=O)Nc2cc(Oc3ccc(C)cc3)ccc21. The van der Waals surface area contributed by atoms with Gasteiger partial charge in [-0.05, 0) is 31.7 Å². The third-order valence-corrected chi connectivity index (χ3v) is 3.52. The molecule has 4 nitrogen and oxygen atoms in total. The summed E-state index contributed by atoms with van der Waals surface area (Å²) in [4.78, 5) is 11.9. The Bertz CT molecular complexity index is 665. The molecular weight excluding hydrogens is 264 g/mol. The predicted molar refractivity (Wildman–Crippen MR) is 82.7 cm³/mol. The number of aryl methyl sites for hydroxylation is 1. The number of rotatable bonds is 4. The number of carbonyl (C=O) groups is 1. The lowest BCUT2D eigenvalue weighted by atomic mass is 10.1. The van der Waals surface area contributed by atoms with E-state index in [1.54, 1.807) is 0 Å². The second-order valence-electron chi connectivity index (χ2n) is 5.14. The zero-order chi connectivity index (χ0) is 14.8. The first-order valence-electron chi connectivity index (χ1n) is 7.10. The summed E-state index contributed by atoms with van der Waals surface area (Å²) >= 11 is 0. The molecule has 0 radical (unpaired) electrons. The Labute approximate surface area is 124 Å². The fourth-order valence-corrected chi connectivity index (χ4v) is 2.45. The highest BCUT2D eigenvalue weighted by atomic mass is 16.5. The van der Waals surface area contributed by atoms with Gasteiger partial charge in [0.1, 0.15) is 17.5 Å². The third-order valence-electron chi connectivity index (χ3n) is 3.52. The molecule has 0 saturated heterocycles. The van der Waals surface area contributed by atoms with Crippen LogP contribution < -0.4 is 15.4 Å². The van der Waals surface area contributed by atoms with Gasteiger partial charge in [0.2, 0.25) is 5.91 Å². The van der Waals surface area contributed by atoms with Gasteiger partial charge in [-0.15, -0.1) is 0 Å². The minimum atomic E-state index is -0.265. The van der Waals surface area contributed by atoms with E-state index >= 15 is 0 Å². The van der Waals surface area contributed by atoms with Crippen molar-refractivity contribution in [2.75, 3.05) is 11.9 Å². The summed E-state index contributed by atoms with van der Waals surface area (Å²) < 4.78 is 5.82. The van der Waals surface area contributed by atoms with Crippen LogP contribution in [0.15, 0.2) is 42.5 Å². The molecule has 2 aromatic rings. The average Bonchev–Trinajstić information content (AvgIpc) is 2.78. The van der Waals surface area contributed by atoms with E-state index in [2.05, 4.69) is 10.6 Å². The number of anilines is 1. The minimum Gasteiger partial charge on any atom is -0.457 e. The van der Waals surface area contributed by atoms with Crippen molar-refractivity contribution in [2.45, 2.75) is 19.9 Å². The number of fused-ring (bicyclic) bond motifs is 1. The Morgan fingerprint density at radius 1 is 1.14 bits per heavy atom. The summed E-state index contributed by atoms with van der Waals surface area (Å²) in [6.07, 6.45) is 0. The number of nitrogens with one attached hydrogen (secondary N) is 2. The van der Waals surface area contributed by atoms with Crippen LogP contribution in [0, 0.1) is 6.92 Å². The Morgan fingerprint density at radius 3 is 2.57 bits per heavy atom. The number of likely N-dealkylation sites (N-methyl/N-ethyl adjacent to an activating group) is 1. The Balaban J connectivity index is 1.82. The number of hydrogen-bond acceptors (Lipinski definition) is 3. The molecule has 0 spiro atoms. The Kier molecular flexibility index (Phi) is 3.62. The number of amides is 1. The molecule has 21 heavy (non-hydrogen) atoms. The zero-order valence-electron chi connectivity index (χ0n) is 12.1. The largest absolute Gasteiger partial charge is 0.457 e. The summed E-state index contributed by atoms with van der Waals surface area (Å²) in [5.74, 6) is 1.49. The van der Waals surface area contributed by atoms with Crippen LogP contribution in [-0.2, 0) is 4.79 Å². The average molecular weight is 282 g/mol. The van der Waals surface area contributed by atoms with Gasteiger partial charge in [-0.1, -0.05) is 30.7 Å². The van der Waals surface area contributed by atoms with Crippen molar-refractivity contribution < 1.29 is 9.53 Å². The van der Waals surface area contributed by atoms with E-state index in [4.69, 9.17) is 4.74 Å². The molecule has 0 saturated carbocycles. The normalized spacial score (nSPS) is 16.5. The highest BCUT2D eigenvalue weighted by Crippen LogP contribution is 2.35. The molecule has 1 heterocycles. The number of benzene rings is 2. The first-order valence-corrected chi connectivity index (χ1v) is 7.10. The molecule has 0 aromatic heterocycles. The molecule has 2 N–H and O–H groups in total. The van der Waals surface area contributed by atoms with Crippen molar-refractivity contribution in [3.63, 3.8) is 0 Å². The molecule has 108 valence electrons. The molecule has 1 aliphatic heterocycles. The highest BCUT2D eigenvalue weighted by Gasteiger charge is 2.29. The lowest BCUT2D eigenvalue weighted by Gasteiger charge is -2.10. The van der Waals surface area contributed by atoms with Crippen molar-refractivity contribution in [3.8, 4) is 11.5 Å². The lowest BCUT2D eigenvalue weighted by Crippen LogP contribution is -2.27. The number of carbonyl (C=O) groups excluding carboxylic acids is 1. The fraction of sp³-hybridized carbons (Fsp3) is 0.235.